The van der Waals surface area contributed by atoms with Gasteiger partial charge in [-0.25, -0.2) is 4.98 Å². The molecule has 6 heteroatoms. The van der Waals surface area contributed by atoms with E-state index in [0.29, 0.717) is 18.1 Å². The van der Waals surface area contributed by atoms with E-state index in [9.17, 15) is 4.79 Å². The van der Waals surface area contributed by atoms with E-state index in [-0.39, 0.29) is 11.6 Å². The van der Waals surface area contributed by atoms with E-state index in [1.54, 1.807) is 12.1 Å². The Hall–Kier alpha value is -3.28. The summed E-state index contributed by atoms with van der Waals surface area (Å²) in [6.45, 7) is 2.40. The Bertz CT molecular complexity index is 892. The number of anilines is 1. The zero-order valence-electron chi connectivity index (χ0n) is 13.2. The third-order valence-electron chi connectivity index (χ3n) is 3.46. The van der Waals surface area contributed by atoms with Crippen molar-refractivity contribution in [2.75, 3.05) is 5.73 Å². The number of H-pyrrole nitrogens is 1. The summed E-state index contributed by atoms with van der Waals surface area (Å²) in [6, 6.07) is 15.3. The number of nitrogens with zero attached hydrogens (tertiary/aromatic N) is 1. The summed E-state index contributed by atoms with van der Waals surface area (Å²) in [4.78, 5) is 17.8. The number of nitrogens with two attached hydrogens (primary N) is 1. The predicted molar refractivity (Wildman–Crippen MR) is 91.3 cm³/mol. The van der Waals surface area contributed by atoms with Crippen LogP contribution in [0.15, 0.2) is 59.7 Å². The molecule has 0 aliphatic rings. The molecule has 0 saturated heterocycles. The summed E-state index contributed by atoms with van der Waals surface area (Å²) in [6.07, 6.45) is 1.25. The Kier molecular flexibility index (Phi) is 4.47. The number of aryl methyl sites for hydroxylation is 1. The van der Waals surface area contributed by atoms with Gasteiger partial charge in [0, 0.05) is 6.07 Å². The Morgan fingerprint density at radius 2 is 1.96 bits per heavy atom. The molecule has 3 N–H and O–H groups in total. The largest absolute Gasteiger partial charge is 0.488 e. The fourth-order valence-electron chi connectivity index (χ4n) is 2.12. The minimum absolute atomic E-state index is 0.0650. The van der Waals surface area contributed by atoms with Gasteiger partial charge in [-0.1, -0.05) is 36.4 Å². The number of rotatable bonds is 5. The lowest BCUT2D eigenvalue weighted by atomic mass is 10.2. The number of nitrogens with one attached hydrogen (secondary N) is 1. The maximum absolute atomic E-state index is 11.5. The number of hydrogen-bond donors (Lipinski definition) is 2. The molecular formula is C18H17N3O3. The predicted octanol–water partition coefficient (Wildman–Crippen LogP) is 3.03. The normalized spacial score (nSPS) is 10.4. The second-order valence-corrected chi connectivity index (χ2v) is 5.25. The molecule has 3 aromatic rings. The number of aromatic amines is 1. The van der Waals surface area contributed by atoms with Gasteiger partial charge in [0.1, 0.15) is 18.1 Å². The minimum atomic E-state index is -0.437. The first-order chi connectivity index (χ1) is 11.6. The first-order valence-electron chi connectivity index (χ1n) is 7.42. The molecule has 0 fully saturated rings. The summed E-state index contributed by atoms with van der Waals surface area (Å²) in [7, 11) is 0. The monoisotopic (exact) mass is 323 g/mol. The number of benzene rings is 2. The molecule has 2 aromatic carbocycles. The first-order valence-corrected chi connectivity index (χ1v) is 7.42. The Morgan fingerprint density at radius 1 is 1.17 bits per heavy atom. The van der Waals surface area contributed by atoms with Crippen LogP contribution in [0, 0.1) is 6.92 Å². The van der Waals surface area contributed by atoms with Crippen LogP contribution in [0.5, 0.6) is 17.4 Å². The molecule has 24 heavy (non-hydrogen) atoms. The van der Waals surface area contributed by atoms with Crippen LogP contribution in [0.25, 0.3) is 0 Å². The maximum atomic E-state index is 11.5. The van der Waals surface area contributed by atoms with E-state index < -0.39 is 5.56 Å². The number of aromatic nitrogens is 2. The third kappa shape index (κ3) is 3.55. The molecule has 122 valence electrons. The average molecular weight is 323 g/mol. The van der Waals surface area contributed by atoms with Gasteiger partial charge >= 0.3 is 0 Å². The van der Waals surface area contributed by atoms with Gasteiger partial charge in [-0.05, 0) is 24.1 Å². The molecule has 0 bridgehead atoms. The van der Waals surface area contributed by atoms with Crippen LogP contribution >= 0.6 is 0 Å². The van der Waals surface area contributed by atoms with Gasteiger partial charge in [-0.15, -0.1) is 0 Å². The minimum Gasteiger partial charge on any atom is -0.488 e. The van der Waals surface area contributed by atoms with E-state index in [2.05, 4.69) is 9.97 Å². The Labute approximate surface area is 138 Å². The van der Waals surface area contributed by atoms with Crippen molar-refractivity contribution in [2.45, 2.75) is 13.5 Å². The summed E-state index contributed by atoms with van der Waals surface area (Å²) in [5, 5.41) is 0. The topological polar surface area (TPSA) is 90.2 Å². The van der Waals surface area contributed by atoms with Gasteiger partial charge in [0.25, 0.3) is 5.56 Å². The molecule has 0 amide bonds. The van der Waals surface area contributed by atoms with Gasteiger partial charge < -0.3 is 20.2 Å². The van der Waals surface area contributed by atoms with Gasteiger partial charge in [0.2, 0.25) is 5.88 Å². The molecule has 0 spiro atoms. The highest BCUT2D eigenvalue weighted by Crippen LogP contribution is 2.29. The van der Waals surface area contributed by atoms with Crippen molar-refractivity contribution in [1.82, 2.24) is 9.97 Å². The molecule has 0 radical (unpaired) electrons. The summed E-state index contributed by atoms with van der Waals surface area (Å²) in [5.74, 6) is 1.25. The number of ether oxygens (including phenoxy) is 2. The molecule has 0 unspecified atom stereocenters. The molecule has 1 heterocycles. The molecular weight excluding hydrogens is 306 g/mol. The third-order valence-corrected chi connectivity index (χ3v) is 3.46. The fourth-order valence-corrected chi connectivity index (χ4v) is 2.12. The summed E-state index contributed by atoms with van der Waals surface area (Å²) in [5.41, 5.74) is 7.22. The lowest BCUT2D eigenvalue weighted by molar-refractivity contribution is 0.302. The van der Waals surface area contributed by atoms with E-state index in [1.807, 2.05) is 43.3 Å². The molecule has 1 aromatic heterocycles. The van der Waals surface area contributed by atoms with Crippen LogP contribution in [0.4, 0.5) is 5.69 Å². The van der Waals surface area contributed by atoms with Crippen molar-refractivity contribution < 1.29 is 9.47 Å². The highest BCUT2D eigenvalue weighted by molar-refractivity contribution is 5.48. The molecule has 3 rings (SSSR count). The quantitative estimate of drug-likeness (QED) is 0.753. The van der Waals surface area contributed by atoms with Crippen molar-refractivity contribution in [3.05, 3.63) is 76.3 Å². The van der Waals surface area contributed by atoms with Gasteiger partial charge in [0.05, 0.1) is 6.33 Å². The van der Waals surface area contributed by atoms with Crippen molar-refractivity contribution >= 4 is 5.69 Å². The van der Waals surface area contributed by atoms with Crippen molar-refractivity contribution in [1.29, 1.82) is 0 Å². The lowest BCUT2D eigenvalue weighted by Gasteiger charge is -2.12. The Balaban J connectivity index is 1.78. The van der Waals surface area contributed by atoms with E-state index in [1.165, 1.54) is 6.33 Å². The second-order valence-electron chi connectivity index (χ2n) is 5.25. The highest BCUT2D eigenvalue weighted by Gasteiger charge is 2.09. The van der Waals surface area contributed by atoms with Crippen LogP contribution in [-0.4, -0.2) is 9.97 Å². The summed E-state index contributed by atoms with van der Waals surface area (Å²) >= 11 is 0. The van der Waals surface area contributed by atoms with Crippen molar-refractivity contribution in [2.24, 2.45) is 0 Å². The molecule has 0 aliphatic heterocycles. The first kappa shape index (κ1) is 15.6. The number of hydrogen-bond acceptors (Lipinski definition) is 5. The van der Waals surface area contributed by atoms with Crippen LogP contribution in [-0.2, 0) is 6.61 Å². The van der Waals surface area contributed by atoms with E-state index in [4.69, 9.17) is 15.2 Å². The molecule has 6 nitrogen and oxygen atoms in total. The van der Waals surface area contributed by atoms with E-state index in [0.717, 1.165) is 11.1 Å². The smallest absolute Gasteiger partial charge is 0.277 e. The van der Waals surface area contributed by atoms with Crippen molar-refractivity contribution in [3.8, 4) is 17.4 Å². The molecule has 0 atom stereocenters. The fraction of sp³-hybridized carbons (Fsp3) is 0.111. The van der Waals surface area contributed by atoms with Crippen LogP contribution < -0.4 is 20.8 Å². The zero-order valence-corrected chi connectivity index (χ0v) is 13.2. The van der Waals surface area contributed by atoms with Crippen LogP contribution in [0.2, 0.25) is 0 Å². The molecule has 0 saturated carbocycles. The Morgan fingerprint density at radius 3 is 2.75 bits per heavy atom. The standard InChI is InChI=1S/C18H17N3O3/c1-12-7-8-14(24-18-16(19)17(22)20-11-21-18)9-15(12)23-10-13-5-3-2-4-6-13/h2-9,11H,10,19H2,1H3,(H,20,21,22). The van der Waals surface area contributed by atoms with Gasteiger partial charge in [-0.3, -0.25) is 4.79 Å². The SMILES string of the molecule is Cc1ccc(Oc2nc[nH]c(=O)c2N)cc1OCc1ccccc1. The highest BCUT2D eigenvalue weighted by atomic mass is 16.5. The maximum Gasteiger partial charge on any atom is 0.277 e. The van der Waals surface area contributed by atoms with Crippen LogP contribution in [0.1, 0.15) is 11.1 Å². The van der Waals surface area contributed by atoms with E-state index >= 15 is 0 Å². The molecule has 0 aliphatic carbocycles. The average Bonchev–Trinajstić information content (AvgIpc) is 2.60. The zero-order chi connectivity index (χ0) is 16.9. The number of nitrogen functional groups attached to an aromatic ring is 1. The second kappa shape index (κ2) is 6.87. The van der Waals surface area contributed by atoms with Gasteiger partial charge in [0.15, 0.2) is 5.69 Å². The van der Waals surface area contributed by atoms with Crippen molar-refractivity contribution in [3.63, 3.8) is 0 Å². The van der Waals surface area contributed by atoms with Gasteiger partial charge in [-0.2, -0.15) is 0 Å². The lowest BCUT2D eigenvalue weighted by Crippen LogP contribution is -2.13. The summed E-state index contributed by atoms with van der Waals surface area (Å²) < 4.78 is 11.5. The van der Waals surface area contributed by atoms with Crippen LogP contribution in [0.3, 0.4) is 0 Å².